The lowest BCUT2D eigenvalue weighted by Gasteiger charge is -2.15. The number of carbonyl (C=O) groups is 2. The molecular formula is C14H15Cl2NO3S. The maximum Gasteiger partial charge on any atom is 0.308 e. The number of carboxylic acids is 1. The molecule has 0 aromatic heterocycles. The molecule has 1 aliphatic rings. The highest BCUT2D eigenvalue weighted by Crippen LogP contribution is 2.25. The monoisotopic (exact) mass is 347 g/mol. The zero-order chi connectivity index (χ0) is 15.4. The van der Waals surface area contributed by atoms with Gasteiger partial charge in [0.25, 0.3) is 0 Å². The van der Waals surface area contributed by atoms with Gasteiger partial charge in [-0.1, -0.05) is 29.3 Å². The third kappa shape index (κ3) is 4.53. The van der Waals surface area contributed by atoms with Crippen molar-refractivity contribution in [2.75, 3.05) is 18.8 Å². The Hall–Kier alpha value is -0.910. The summed E-state index contributed by atoms with van der Waals surface area (Å²) in [6.07, 6.45) is 0.536. The van der Waals surface area contributed by atoms with E-state index < -0.39 is 11.9 Å². The molecular weight excluding hydrogens is 333 g/mol. The molecule has 1 heterocycles. The zero-order valence-electron chi connectivity index (χ0n) is 11.2. The average Bonchev–Trinajstić information content (AvgIpc) is 2.91. The molecule has 0 radical (unpaired) electrons. The van der Waals surface area contributed by atoms with Crippen LogP contribution in [0.1, 0.15) is 12.0 Å². The van der Waals surface area contributed by atoms with Crippen LogP contribution in [0.15, 0.2) is 18.2 Å². The lowest BCUT2D eigenvalue weighted by atomic mass is 10.1. The number of amides is 1. The Morgan fingerprint density at radius 1 is 1.38 bits per heavy atom. The molecule has 4 nitrogen and oxygen atoms in total. The van der Waals surface area contributed by atoms with E-state index in [4.69, 9.17) is 28.3 Å². The molecule has 1 aliphatic heterocycles. The van der Waals surface area contributed by atoms with Crippen molar-refractivity contribution in [2.45, 2.75) is 12.2 Å². The van der Waals surface area contributed by atoms with Gasteiger partial charge in [-0.3, -0.25) is 9.59 Å². The van der Waals surface area contributed by atoms with E-state index in [0.29, 0.717) is 41.1 Å². The molecule has 1 aromatic carbocycles. The maximum absolute atomic E-state index is 12.0. The Balaban J connectivity index is 1.78. The Morgan fingerprint density at radius 2 is 2.14 bits per heavy atom. The van der Waals surface area contributed by atoms with Gasteiger partial charge in [-0.25, -0.2) is 0 Å². The molecule has 2 rings (SSSR count). The smallest absolute Gasteiger partial charge is 0.308 e. The normalized spacial score (nSPS) is 18.0. The fourth-order valence-corrected chi connectivity index (χ4v) is 3.65. The van der Waals surface area contributed by atoms with Gasteiger partial charge < -0.3 is 10.0 Å². The summed E-state index contributed by atoms with van der Waals surface area (Å²) in [7, 11) is 0. The van der Waals surface area contributed by atoms with Gasteiger partial charge in [-0.15, -0.1) is 11.8 Å². The summed E-state index contributed by atoms with van der Waals surface area (Å²) in [4.78, 5) is 24.5. The fourth-order valence-electron chi connectivity index (χ4n) is 2.17. The molecule has 0 aliphatic carbocycles. The Labute approximate surface area is 137 Å². The van der Waals surface area contributed by atoms with Crippen molar-refractivity contribution in [1.29, 1.82) is 0 Å². The second-order valence-corrected chi connectivity index (χ2v) is 6.72. The van der Waals surface area contributed by atoms with E-state index in [1.54, 1.807) is 17.0 Å². The minimum Gasteiger partial charge on any atom is -0.481 e. The van der Waals surface area contributed by atoms with Crippen LogP contribution in [0.3, 0.4) is 0 Å². The van der Waals surface area contributed by atoms with E-state index in [1.165, 1.54) is 11.8 Å². The van der Waals surface area contributed by atoms with Crippen LogP contribution < -0.4 is 0 Å². The quantitative estimate of drug-likeness (QED) is 0.888. The van der Waals surface area contributed by atoms with Crippen LogP contribution in [0.2, 0.25) is 10.0 Å². The Kier molecular flexibility index (Phi) is 5.79. The molecule has 1 saturated heterocycles. The zero-order valence-corrected chi connectivity index (χ0v) is 13.5. The number of rotatable bonds is 5. The molecule has 1 aromatic rings. The molecule has 0 bridgehead atoms. The lowest BCUT2D eigenvalue weighted by molar-refractivity contribution is -0.141. The van der Waals surface area contributed by atoms with E-state index >= 15 is 0 Å². The highest BCUT2D eigenvalue weighted by atomic mass is 35.5. The third-order valence-electron chi connectivity index (χ3n) is 3.39. The number of hydrogen-bond acceptors (Lipinski definition) is 3. The summed E-state index contributed by atoms with van der Waals surface area (Å²) in [6.45, 7) is 0.842. The van der Waals surface area contributed by atoms with E-state index in [-0.39, 0.29) is 5.91 Å². The average molecular weight is 348 g/mol. The van der Waals surface area contributed by atoms with Crippen LogP contribution in [-0.4, -0.2) is 40.7 Å². The third-order valence-corrected chi connectivity index (χ3v) is 4.94. The van der Waals surface area contributed by atoms with Crippen LogP contribution in [0, 0.1) is 5.92 Å². The van der Waals surface area contributed by atoms with Crippen LogP contribution in [0.5, 0.6) is 0 Å². The van der Waals surface area contributed by atoms with Crippen LogP contribution in [-0.2, 0) is 15.3 Å². The number of aliphatic carboxylic acids is 1. The van der Waals surface area contributed by atoms with E-state index in [2.05, 4.69) is 0 Å². The molecule has 0 spiro atoms. The van der Waals surface area contributed by atoms with Crippen molar-refractivity contribution < 1.29 is 14.7 Å². The van der Waals surface area contributed by atoms with Crippen molar-refractivity contribution >= 4 is 46.8 Å². The maximum atomic E-state index is 12.0. The molecule has 7 heteroatoms. The number of thioether (sulfide) groups is 1. The number of carboxylic acid groups (broad SMARTS) is 1. The molecule has 21 heavy (non-hydrogen) atoms. The number of nitrogens with zero attached hydrogens (tertiary/aromatic N) is 1. The first-order chi connectivity index (χ1) is 9.97. The van der Waals surface area contributed by atoms with Crippen LogP contribution in [0.25, 0.3) is 0 Å². The van der Waals surface area contributed by atoms with Gasteiger partial charge >= 0.3 is 5.97 Å². The first kappa shape index (κ1) is 16.5. The van der Waals surface area contributed by atoms with Crippen LogP contribution >= 0.6 is 35.0 Å². The van der Waals surface area contributed by atoms with Crippen molar-refractivity contribution in [1.82, 2.24) is 4.90 Å². The summed E-state index contributed by atoms with van der Waals surface area (Å²) in [6, 6.07) is 5.29. The minimum atomic E-state index is -0.828. The van der Waals surface area contributed by atoms with Crippen molar-refractivity contribution in [3.8, 4) is 0 Å². The molecule has 0 saturated carbocycles. The van der Waals surface area contributed by atoms with Crippen molar-refractivity contribution in [3.05, 3.63) is 33.8 Å². The molecule has 1 N–H and O–H groups in total. The highest BCUT2D eigenvalue weighted by Gasteiger charge is 2.30. The molecule has 1 amide bonds. The van der Waals surface area contributed by atoms with Crippen molar-refractivity contribution in [2.24, 2.45) is 5.92 Å². The van der Waals surface area contributed by atoms with Gasteiger partial charge in [-0.05, 0) is 24.1 Å². The molecule has 1 unspecified atom stereocenters. The number of hydrogen-bond donors (Lipinski definition) is 1. The predicted molar refractivity (Wildman–Crippen MR) is 84.9 cm³/mol. The van der Waals surface area contributed by atoms with Gasteiger partial charge in [0.1, 0.15) is 0 Å². The second-order valence-electron chi connectivity index (χ2n) is 4.89. The van der Waals surface area contributed by atoms with E-state index in [0.717, 1.165) is 5.56 Å². The first-order valence-corrected chi connectivity index (χ1v) is 8.40. The number of likely N-dealkylation sites (tertiary alicyclic amines) is 1. The molecule has 1 atom stereocenters. The van der Waals surface area contributed by atoms with Crippen molar-refractivity contribution in [3.63, 3.8) is 0 Å². The van der Waals surface area contributed by atoms with Gasteiger partial charge in [0.2, 0.25) is 5.91 Å². The lowest BCUT2D eigenvalue weighted by Crippen LogP contribution is -2.31. The fraction of sp³-hybridized carbons (Fsp3) is 0.429. The largest absolute Gasteiger partial charge is 0.481 e. The van der Waals surface area contributed by atoms with Gasteiger partial charge in [-0.2, -0.15) is 0 Å². The van der Waals surface area contributed by atoms with E-state index in [9.17, 15) is 9.59 Å². The summed E-state index contributed by atoms with van der Waals surface area (Å²) >= 11 is 13.4. The SMILES string of the molecule is O=C(O)C1CCN(C(=O)CSCc2ccc(Cl)cc2Cl)C1. The van der Waals surface area contributed by atoms with E-state index in [1.807, 2.05) is 6.07 Å². The Bertz CT molecular complexity index is 553. The minimum absolute atomic E-state index is 0.0196. The predicted octanol–water partition coefficient (Wildman–Crippen LogP) is 3.16. The Morgan fingerprint density at radius 3 is 2.76 bits per heavy atom. The summed E-state index contributed by atoms with van der Waals surface area (Å²) in [5.41, 5.74) is 0.934. The van der Waals surface area contributed by atoms with Gasteiger partial charge in [0, 0.05) is 28.9 Å². The summed E-state index contributed by atoms with van der Waals surface area (Å²) < 4.78 is 0. The second kappa shape index (κ2) is 7.38. The van der Waals surface area contributed by atoms with Gasteiger partial charge in [0.15, 0.2) is 0 Å². The number of benzene rings is 1. The number of carbonyl (C=O) groups excluding carboxylic acids is 1. The standard InChI is InChI=1S/C14H15Cl2NO3S/c15-11-2-1-10(12(16)5-11)7-21-8-13(18)17-4-3-9(6-17)14(19)20/h1-2,5,9H,3-4,6-8H2,(H,19,20). The summed E-state index contributed by atoms with van der Waals surface area (Å²) in [5, 5.41) is 10.1. The topological polar surface area (TPSA) is 57.6 Å². The number of halogens is 2. The van der Waals surface area contributed by atoms with Gasteiger partial charge in [0.05, 0.1) is 11.7 Å². The molecule has 114 valence electrons. The highest BCUT2D eigenvalue weighted by molar-refractivity contribution is 7.99. The first-order valence-electron chi connectivity index (χ1n) is 6.49. The summed E-state index contributed by atoms with van der Waals surface area (Å²) in [5.74, 6) is -0.326. The van der Waals surface area contributed by atoms with Crippen LogP contribution in [0.4, 0.5) is 0 Å². The molecule has 1 fully saturated rings.